The SMILES string of the molecule is Cc1cc(CN2CCOCC2)oc1C(=O)N1CCCCCCCN(C(=O)C(C)C)c2ccccc2C1. The molecular weight excluding hydrogens is 454 g/mol. The number of furan rings is 1. The number of amides is 2. The Morgan fingerprint density at radius 3 is 2.39 bits per heavy atom. The normalized spacial score (nSPS) is 18.4. The van der Waals surface area contributed by atoms with Crippen LogP contribution in [0.1, 0.15) is 73.4 Å². The zero-order valence-corrected chi connectivity index (χ0v) is 22.1. The Bertz CT molecular complexity index is 1030. The Kier molecular flexibility index (Phi) is 9.21. The molecule has 7 nitrogen and oxygen atoms in total. The molecule has 7 heteroatoms. The second-order valence-corrected chi connectivity index (χ2v) is 10.4. The molecule has 2 amide bonds. The van der Waals surface area contributed by atoms with Crippen LogP contribution in [0.2, 0.25) is 0 Å². The number of fused-ring (bicyclic) bond motifs is 1. The van der Waals surface area contributed by atoms with Gasteiger partial charge in [0.1, 0.15) is 5.76 Å². The van der Waals surface area contributed by atoms with E-state index in [0.29, 0.717) is 31.9 Å². The van der Waals surface area contributed by atoms with Crippen LogP contribution in [0.4, 0.5) is 5.69 Å². The number of hydrogen-bond acceptors (Lipinski definition) is 5. The fraction of sp³-hybridized carbons (Fsp3) is 0.586. The number of carbonyl (C=O) groups is 2. The minimum absolute atomic E-state index is 0.0747. The molecule has 1 aromatic carbocycles. The van der Waals surface area contributed by atoms with Crippen molar-refractivity contribution in [3.63, 3.8) is 0 Å². The molecule has 1 aromatic heterocycles. The predicted molar refractivity (Wildman–Crippen MR) is 141 cm³/mol. The second kappa shape index (κ2) is 12.5. The standard InChI is InChI=1S/C29H41N3O4/c1-22(2)28(33)32-14-10-6-4-5-9-13-31(20-24-11-7-8-12-26(24)32)29(34)27-23(3)19-25(36-27)21-30-15-17-35-18-16-30/h7-8,11-12,19,22H,4-6,9-10,13-18,20-21H2,1-3H3. The van der Waals surface area contributed by atoms with Gasteiger partial charge in [-0.25, -0.2) is 0 Å². The minimum atomic E-state index is -0.0839. The van der Waals surface area contributed by atoms with Crippen molar-refractivity contribution in [2.75, 3.05) is 44.3 Å². The second-order valence-electron chi connectivity index (χ2n) is 10.4. The number of ether oxygens (including phenoxy) is 1. The third kappa shape index (κ3) is 6.56. The number of morpholine rings is 1. The van der Waals surface area contributed by atoms with E-state index in [1.807, 2.05) is 60.9 Å². The number of rotatable bonds is 4. The molecule has 0 unspecified atom stereocenters. The molecule has 0 aliphatic carbocycles. The molecule has 3 heterocycles. The highest BCUT2D eigenvalue weighted by molar-refractivity contribution is 5.96. The summed E-state index contributed by atoms with van der Waals surface area (Å²) in [5.41, 5.74) is 2.79. The fourth-order valence-electron chi connectivity index (χ4n) is 5.09. The van der Waals surface area contributed by atoms with Crippen molar-refractivity contribution in [2.45, 2.75) is 66.0 Å². The van der Waals surface area contributed by atoms with Gasteiger partial charge >= 0.3 is 0 Å². The third-order valence-electron chi connectivity index (χ3n) is 7.15. The lowest BCUT2D eigenvalue weighted by molar-refractivity contribution is -0.121. The monoisotopic (exact) mass is 495 g/mol. The molecule has 0 N–H and O–H groups in total. The lowest BCUT2D eigenvalue weighted by Crippen LogP contribution is -2.37. The van der Waals surface area contributed by atoms with Crippen molar-refractivity contribution in [1.82, 2.24) is 9.80 Å². The van der Waals surface area contributed by atoms with E-state index >= 15 is 0 Å². The number of carbonyl (C=O) groups excluding carboxylic acids is 2. The molecule has 196 valence electrons. The maximum absolute atomic E-state index is 13.8. The van der Waals surface area contributed by atoms with Crippen molar-refractivity contribution in [2.24, 2.45) is 5.92 Å². The van der Waals surface area contributed by atoms with Gasteiger partial charge in [0.15, 0.2) is 5.76 Å². The third-order valence-corrected chi connectivity index (χ3v) is 7.15. The van der Waals surface area contributed by atoms with E-state index in [1.54, 1.807) is 0 Å². The van der Waals surface area contributed by atoms with Gasteiger partial charge in [-0.3, -0.25) is 14.5 Å². The lowest BCUT2D eigenvalue weighted by Gasteiger charge is -2.30. The average Bonchev–Trinajstić information content (AvgIpc) is 3.24. The molecule has 4 rings (SSSR count). The summed E-state index contributed by atoms with van der Waals surface area (Å²) in [4.78, 5) is 33.1. The maximum atomic E-state index is 13.8. The molecule has 2 aliphatic heterocycles. The molecule has 0 bridgehead atoms. The van der Waals surface area contributed by atoms with E-state index in [2.05, 4.69) is 4.90 Å². The van der Waals surface area contributed by atoms with Gasteiger partial charge in [0, 0.05) is 49.9 Å². The highest BCUT2D eigenvalue weighted by Crippen LogP contribution is 2.27. The highest BCUT2D eigenvalue weighted by Gasteiger charge is 2.26. The van der Waals surface area contributed by atoms with Crippen molar-refractivity contribution >= 4 is 17.5 Å². The first kappa shape index (κ1) is 26.4. The van der Waals surface area contributed by atoms with Crippen LogP contribution >= 0.6 is 0 Å². The highest BCUT2D eigenvalue weighted by atomic mass is 16.5. The summed E-state index contributed by atoms with van der Waals surface area (Å²) in [5, 5.41) is 0. The molecule has 2 aromatic rings. The molecule has 2 aliphatic rings. The molecule has 0 spiro atoms. The number of nitrogens with zero attached hydrogens (tertiary/aromatic N) is 3. The first-order valence-corrected chi connectivity index (χ1v) is 13.5. The summed E-state index contributed by atoms with van der Waals surface area (Å²) in [6.45, 7) is 11.6. The number of anilines is 1. The summed E-state index contributed by atoms with van der Waals surface area (Å²) in [5.74, 6) is 1.22. The summed E-state index contributed by atoms with van der Waals surface area (Å²) >= 11 is 0. The zero-order chi connectivity index (χ0) is 25.5. The molecule has 0 saturated carbocycles. The van der Waals surface area contributed by atoms with Crippen LogP contribution in [0.15, 0.2) is 34.7 Å². The van der Waals surface area contributed by atoms with Crippen LogP contribution < -0.4 is 4.90 Å². The van der Waals surface area contributed by atoms with Crippen LogP contribution in [0.25, 0.3) is 0 Å². The quantitative estimate of drug-likeness (QED) is 0.596. The Balaban J connectivity index is 1.59. The Labute approximate surface area is 215 Å². The maximum Gasteiger partial charge on any atom is 0.290 e. The zero-order valence-electron chi connectivity index (χ0n) is 22.1. The Morgan fingerprint density at radius 1 is 0.944 bits per heavy atom. The lowest BCUT2D eigenvalue weighted by atomic mass is 10.0. The molecule has 0 radical (unpaired) electrons. The summed E-state index contributed by atoms with van der Waals surface area (Å²) in [7, 11) is 0. The number of aryl methyl sites for hydroxylation is 1. The largest absolute Gasteiger partial charge is 0.454 e. The van der Waals surface area contributed by atoms with Gasteiger partial charge in [0.05, 0.1) is 19.8 Å². The molecular formula is C29H41N3O4. The first-order valence-electron chi connectivity index (χ1n) is 13.5. The van der Waals surface area contributed by atoms with Crippen LogP contribution in [0, 0.1) is 12.8 Å². The number of para-hydroxylation sites is 1. The van der Waals surface area contributed by atoms with Gasteiger partial charge in [0.25, 0.3) is 5.91 Å². The van der Waals surface area contributed by atoms with E-state index in [1.165, 1.54) is 0 Å². The van der Waals surface area contributed by atoms with Gasteiger partial charge in [-0.05, 0) is 37.5 Å². The van der Waals surface area contributed by atoms with Crippen LogP contribution in [-0.2, 0) is 22.6 Å². The summed E-state index contributed by atoms with van der Waals surface area (Å²) in [6, 6.07) is 10.0. The van der Waals surface area contributed by atoms with Gasteiger partial charge in [-0.1, -0.05) is 51.3 Å². The minimum Gasteiger partial charge on any atom is -0.454 e. The fourth-order valence-corrected chi connectivity index (χ4v) is 5.09. The van der Waals surface area contributed by atoms with Crippen LogP contribution in [-0.4, -0.2) is 61.0 Å². The number of benzene rings is 1. The van der Waals surface area contributed by atoms with E-state index in [9.17, 15) is 9.59 Å². The van der Waals surface area contributed by atoms with E-state index in [0.717, 1.165) is 81.0 Å². The molecule has 0 atom stereocenters. The van der Waals surface area contributed by atoms with E-state index in [4.69, 9.17) is 9.15 Å². The Hall–Kier alpha value is -2.64. The van der Waals surface area contributed by atoms with Gasteiger partial charge in [-0.2, -0.15) is 0 Å². The van der Waals surface area contributed by atoms with Gasteiger partial charge in [-0.15, -0.1) is 0 Å². The van der Waals surface area contributed by atoms with Crippen molar-refractivity contribution < 1.29 is 18.7 Å². The van der Waals surface area contributed by atoms with Crippen LogP contribution in [0.3, 0.4) is 0 Å². The molecule has 36 heavy (non-hydrogen) atoms. The van der Waals surface area contributed by atoms with Gasteiger partial charge < -0.3 is 19.0 Å². The molecule has 1 saturated heterocycles. The first-order chi connectivity index (χ1) is 17.4. The van der Waals surface area contributed by atoms with E-state index < -0.39 is 0 Å². The van der Waals surface area contributed by atoms with Crippen molar-refractivity contribution in [1.29, 1.82) is 0 Å². The van der Waals surface area contributed by atoms with Crippen molar-refractivity contribution in [3.8, 4) is 0 Å². The average molecular weight is 496 g/mol. The summed E-state index contributed by atoms with van der Waals surface area (Å²) < 4.78 is 11.6. The van der Waals surface area contributed by atoms with E-state index in [-0.39, 0.29) is 17.7 Å². The topological polar surface area (TPSA) is 66.2 Å². The summed E-state index contributed by atoms with van der Waals surface area (Å²) in [6.07, 6.45) is 5.22. The van der Waals surface area contributed by atoms with Crippen LogP contribution in [0.5, 0.6) is 0 Å². The smallest absolute Gasteiger partial charge is 0.290 e. The predicted octanol–water partition coefficient (Wildman–Crippen LogP) is 5.02. The molecule has 1 fully saturated rings. The van der Waals surface area contributed by atoms with Gasteiger partial charge in [0.2, 0.25) is 5.91 Å². The van der Waals surface area contributed by atoms with Crippen molar-refractivity contribution in [3.05, 3.63) is 53.0 Å². The Morgan fingerprint density at radius 2 is 1.64 bits per heavy atom. The number of hydrogen-bond donors (Lipinski definition) is 0.